The Morgan fingerprint density at radius 1 is 1.14 bits per heavy atom. The first-order valence-electron chi connectivity index (χ1n) is 14.1. The lowest BCUT2D eigenvalue weighted by atomic mass is 9.93. The third kappa shape index (κ3) is 6.94. The third-order valence-electron chi connectivity index (χ3n) is 7.14. The van der Waals surface area contributed by atoms with Crippen molar-refractivity contribution in [3.63, 3.8) is 0 Å². The predicted molar refractivity (Wildman–Crippen MR) is 165 cm³/mol. The molecule has 1 saturated heterocycles. The van der Waals surface area contributed by atoms with Gasteiger partial charge in [0.2, 0.25) is 5.91 Å². The molecule has 14 nitrogen and oxygen atoms in total. The number of fused-ring (bicyclic) bond motifs is 1. The topological polar surface area (TPSA) is 180 Å². The molecule has 5 rings (SSSR count). The molecule has 1 aliphatic heterocycles. The molecule has 0 aliphatic carbocycles. The SMILES string of the molecule is CC(C)(C)c1csc(NC(=O)c2ccn3c(=O)c(C=Cc4nn[nH]n4)c(N4CCN(C(=O)CCCCN)CC4)nc3c2)n1. The lowest BCUT2D eigenvalue weighted by Gasteiger charge is -2.36. The molecule has 0 radical (unpaired) electrons. The Morgan fingerprint density at radius 2 is 1.93 bits per heavy atom. The Labute approximate surface area is 252 Å². The van der Waals surface area contributed by atoms with Gasteiger partial charge >= 0.3 is 0 Å². The number of carbonyl (C=O) groups excluding carboxylic acids is 2. The number of nitrogens with zero attached hydrogens (tertiary/aromatic N) is 8. The second-order valence-electron chi connectivity index (χ2n) is 11.3. The van der Waals surface area contributed by atoms with E-state index in [1.807, 2.05) is 15.2 Å². The Kier molecular flexibility index (Phi) is 8.92. The van der Waals surface area contributed by atoms with E-state index >= 15 is 0 Å². The van der Waals surface area contributed by atoms with Crippen LogP contribution in [0, 0.1) is 0 Å². The zero-order valence-electron chi connectivity index (χ0n) is 24.4. The first kappa shape index (κ1) is 30.0. The number of nitrogens with one attached hydrogen (secondary N) is 2. The molecule has 4 N–H and O–H groups in total. The van der Waals surface area contributed by atoms with Crippen molar-refractivity contribution in [3.05, 3.63) is 56.7 Å². The van der Waals surface area contributed by atoms with Gasteiger partial charge in [0.05, 0.1) is 11.3 Å². The molecular formula is C28H35N11O3S. The van der Waals surface area contributed by atoms with Gasteiger partial charge in [-0.05, 0) is 48.9 Å². The van der Waals surface area contributed by atoms with Crippen LogP contribution in [0.3, 0.4) is 0 Å². The lowest BCUT2D eigenvalue weighted by Crippen LogP contribution is -2.49. The summed E-state index contributed by atoms with van der Waals surface area (Å²) in [6, 6.07) is 3.16. The number of aromatic amines is 1. The highest BCUT2D eigenvalue weighted by Crippen LogP contribution is 2.27. The summed E-state index contributed by atoms with van der Waals surface area (Å²) in [5.41, 5.74) is 6.99. The van der Waals surface area contributed by atoms with Crippen LogP contribution < -0.4 is 21.5 Å². The molecule has 5 heterocycles. The van der Waals surface area contributed by atoms with Gasteiger partial charge in [-0.1, -0.05) is 20.8 Å². The molecule has 0 bridgehead atoms. The highest BCUT2D eigenvalue weighted by molar-refractivity contribution is 7.14. The molecule has 1 fully saturated rings. The largest absolute Gasteiger partial charge is 0.352 e. The zero-order chi connectivity index (χ0) is 30.6. The maximum atomic E-state index is 13.7. The Hall–Kier alpha value is -4.50. The summed E-state index contributed by atoms with van der Waals surface area (Å²) in [7, 11) is 0. The van der Waals surface area contributed by atoms with E-state index in [4.69, 9.17) is 10.7 Å². The number of amides is 2. The number of tetrazole rings is 1. The Morgan fingerprint density at radius 3 is 2.60 bits per heavy atom. The minimum Gasteiger partial charge on any atom is -0.352 e. The molecular weight excluding hydrogens is 570 g/mol. The number of unbranched alkanes of at least 4 members (excludes halogenated alkanes) is 1. The fourth-order valence-corrected chi connectivity index (χ4v) is 5.59. The van der Waals surface area contributed by atoms with Crippen LogP contribution in [0.25, 0.3) is 17.8 Å². The number of piperazine rings is 1. The van der Waals surface area contributed by atoms with Gasteiger partial charge in [-0.15, -0.1) is 21.5 Å². The highest BCUT2D eigenvalue weighted by Gasteiger charge is 2.25. The van der Waals surface area contributed by atoms with Gasteiger partial charge in [-0.3, -0.25) is 24.1 Å². The molecule has 0 saturated carbocycles. The van der Waals surface area contributed by atoms with Crippen LogP contribution >= 0.6 is 11.3 Å². The molecule has 4 aromatic heterocycles. The molecule has 43 heavy (non-hydrogen) atoms. The Balaban J connectivity index is 1.43. The van der Waals surface area contributed by atoms with Crippen molar-refractivity contribution in [1.82, 2.24) is 39.9 Å². The van der Waals surface area contributed by atoms with E-state index in [2.05, 4.69) is 51.7 Å². The van der Waals surface area contributed by atoms with Crippen molar-refractivity contribution >= 4 is 51.9 Å². The molecule has 1 aliphatic rings. The molecule has 15 heteroatoms. The van der Waals surface area contributed by atoms with Crippen molar-refractivity contribution < 1.29 is 9.59 Å². The summed E-state index contributed by atoms with van der Waals surface area (Å²) < 4.78 is 1.40. The van der Waals surface area contributed by atoms with Crippen molar-refractivity contribution in [2.75, 3.05) is 42.9 Å². The summed E-state index contributed by atoms with van der Waals surface area (Å²) in [5.74, 6) is 0.512. The van der Waals surface area contributed by atoms with Gasteiger partial charge in [0.1, 0.15) is 11.5 Å². The number of carbonyl (C=O) groups is 2. The standard InChI is InChI=1S/C28H35N11O3S/c1-28(2,3)20-17-43-27(30-20)32-25(41)18-9-11-39-22(16-18)31-24(19(26(39)42)7-8-21-33-35-36-34-21)38-14-12-37(13-15-38)23(40)6-4-5-10-29/h7-9,11,16-17H,4-6,10,12-15,29H2,1-3H3,(H,30,32,41)(H,33,34,35,36). The molecule has 2 amide bonds. The van der Waals surface area contributed by atoms with E-state index in [0.717, 1.165) is 18.5 Å². The number of thiazole rings is 1. The quantitative estimate of drug-likeness (QED) is 0.239. The van der Waals surface area contributed by atoms with Gasteiger partial charge in [0, 0.05) is 55.2 Å². The van der Waals surface area contributed by atoms with Crippen molar-refractivity contribution in [3.8, 4) is 0 Å². The number of pyridine rings is 1. The lowest BCUT2D eigenvalue weighted by molar-refractivity contribution is -0.131. The van der Waals surface area contributed by atoms with Crippen molar-refractivity contribution in [1.29, 1.82) is 0 Å². The molecule has 0 unspecified atom stereocenters. The van der Waals surface area contributed by atoms with E-state index in [0.29, 0.717) is 72.7 Å². The molecule has 4 aromatic rings. The fourth-order valence-electron chi connectivity index (χ4n) is 4.66. The number of hydrogen-bond acceptors (Lipinski definition) is 11. The van der Waals surface area contributed by atoms with Crippen LogP contribution in [0.5, 0.6) is 0 Å². The first-order valence-corrected chi connectivity index (χ1v) is 15.0. The van der Waals surface area contributed by atoms with Crippen LogP contribution in [0.15, 0.2) is 28.5 Å². The van der Waals surface area contributed by atoms with Gasteiger partial charge in [0.15, 0.2) is 11.0 Å². The summed E-state index contributed by atoms with van der Waals surface area (Å²) >= 11 is 1.36. The fraction of sp³-hybridized carbons (Fsp3) is 0.429. The van der Waals surface area contributed by atoms with E-state index < -0.39 is 0 Å². The van der Waals surface area contributed by atoms with Gasteiger partial charge in [0.25, 0.3) is 11.5 Å². The van der Waals surface area contributed by atoms with E-state index in [-0.39, 0.29) is 22.8 Å². The summed E-state index contributed by atoms with van der Waals surface area (Å²) in [4.78, 5) is 52.7. The monoisotopic (exact) mass is 605 g/mol. The Bertz CT molecular complexity index is 1680. The summed E-state index contributed by atoms with van der Waals surface area (Å²) in [6.07, 6.45) is 6.78. The van der Waals surface area contributed by atoms with Gasteiger partial charge in [-0.2, -0.15) is 5.21 Å². The number of nitrogens with two attached hydrogens (primary N) is 1. The highest BCUT2D eigenvalue weighted by atomic mass is 32.1. The third-order valence-corrected chi connectivity index (χ3v) is 7.90. The van der Waals surface area contributed by atoms with Crippen molar-refractivity contribution in [2.24, 2.45) is 5.73 Å². The minimum absolute atomic E-state index is 0.0994. The number of hydrogen-bond donors (Lipinski definition) is 3. The second kappa shape index (κ2) is 12.8. The molecule has 0 spiro atoms. The van der Waals surface area contributed by atoms with E-state index in [1.54, 1.807) is 24.3 Å². The average molecular weight is 606 g/mol. The molecule has 0 atom stereocenters. The second-order valence-corrected chi connectivity index (χ2v) is 12.1. The molecule has 0 aromatic carbocycles. The van der Waals surface area contributed by atoms with E-state index in [1.165, 1.54) is 21.9 Å². The first-order chi connectivity index (χ1) is 20.6. The average Bonchev–Trinajstić information content (AvgIpc) is 3.69. The normalized spacial score (nSPS) is 14.1. The van der Waals surface area contributed by atoms with Crippen LogP contribution in [-0.2, 0) is 10.2 Å². The number of aromatic nitrogens is 7. The smallest absolute Gasteiger partial charge is 0.267 e. The summed E-state index contributed by atoms with van der Waals surface area (Å²) in [5, 5.41) is 19.1. The predicted octanol–water partition coefficient (Wildman–Crippen LogP) is 2.16. The van der Waals surface area contributed by atoms with Crippen molar-refractivity contribution in [2.45, 2.75) is 45.4 Å². The molecule has 226 valence electrons. The van der Waals surface area contributed by atoms with Crippen LogP contribution in [0.2, 0.25) is 0 Å². The van der Waals surface area contributed by atoms with Crippen LogP contribution in [-0.4, -0.2) is 84.4 Å². The maximum absolute atomic E-state index is 13.7. The maximum Gasteiger partial charge on any atom is 0.267 e. The van der Waals surface area contributed by atoms with Gasteiger partial charge < -0.3 is 15.5 Å². The number of H-pyrrole nitrogens is 1. The van der Waals surface area contributed by atoms with Crippen LogP contribution in [0.4, 0.5) is 10.9 Å². The number of anilines is 2. The minimum atomic E-state index is -0.351. The zero-order valence-corrected chi connectivity index (χ0v) is 25.2. The van der Waals surface area contributed by atoms with Gasteiger partial charge in [-0.25, -0.2) is 9.97 Å². The number of rotatable bonds is 9. The van der Waals surface area contributed by atoms with Crippen LogP contribution in [0.1, 0.15) is 67.5 Å². The summed E-state index contributed by atoms with van der Waals surface area (Å²) in [6.45, 7) is 8.74. The van der Waals surface area contributed by atoms with E-state index in [9.17, 15) is 14.4 Å².